The number of hydrogen-bond donors (Lipinski definition) is 0. The van der Waals surface area contributed by atoms with E-state index in [1.807, 2.05) is 24.6 Å². The number of methoxy groups -OCH3 is 1. The van der Waals surface area contributed by atoms with Gasteiger partial charge >= 0.3 is 0 Å². The fraction of sp³-hybridized carbons (Fsp3) is 0.444. The number of piperidine rings is 1. The first-order valence-electron chi connectivity index (χ1n) is 12.0. The van der Waals surface area contributed by atoms with E-state index < -0.39 is 5.67 Å². The zero-order valence-corrected chi connectivity index (χ0v) is 20.0. The second-order valence-corrected chi connectivity index (χ2v) is 9.73. The highest BCUT2D eigenvalue weighted by atomic mass is 19.1. The van der Waals surface area contributed by atoms with Gasteiger partial charge in [-0.2, -0.15) is 4.99 Å². The van der Waals surface area contributed by atoms with E-state index in [4.69, 9.17) is 4.74 Å². The molecule has 0 saturated carbocycles. The lowest BCUT2D eigenvalue weighted by atomic mass is 9.87. The van der Waals surface area contributed by atoms with Crippen LogP contribution in [0.1, 0.15) is 45.1 Å². The molecule has 7 heteroatoms. The number of halogens is 1. The van der Waals surface area contributed by atoms with Gasteiger partial charge in [0.2, 0.25) is 5.91 Å². The number of aliphatic imine (C=N–C) groups is 2. The van der Waals surface area contributed by atoms with Gasteiger partial charge < -0.3 is 14.5 Å². The SMILES string of the molecule is COc1cc(/C=C2\CCCN3C2=NC(=O)CC3C2=CCC(C)(F)C=C2)ccc1N1C=NC(C)C1. The fourth-order valence-electron chi connectivity index (χ4n) is 5.08. The lowest BCUT2D eigenvalue weighted by Crippen LogP contribution is -2.49. The van der Waals surface area contributed by atoms with Crippen LogP contribution in [0.3, 0.4) is 0 Å². The lowest BCUT2D eigenvalue weighted by molar-refractivity contribution is -0.119. The summed E-state index contributed by atoms with van der Waals surface area (Å²) in [6.45, 7) is 5.33. The van der Waals surface area contributed by atoms with Gasteiger partial charge in [0.05, 0.1) is 37.6 Å². The molecular formula is C27H31FN4O2. The molecular weight excluding hydrogens is 431 g/mol. The Bertz CT molecular complexity index is 1150. The summed E-state index contributed by atoms with van der Waals surface area (Å²) >= 11 is 0. The molecule has 0 aromatic heterocycles. The molecule has 0 bridgehead atoms. The van der Waals surface area contributed by atoms with Crippen molar-refractivity contribution in [2.45, 2.75) is 57.3 Å². The summed E-state index contributed by atoms with van der Waals surface area (Å²) in [7, 11) is 1.68. The standard InChI is InChI=1S/C27H31FN4O2/c1-18-16-31(17-29-18)22-7-6-19(14-24(22)34-3)13-21-5-4-12-32-23(15-25(33)30-26(21)32)20-8-10-27(2,28)11-9-20/h6-10,13-14,17-18,23H,4-5,11-12,15-16H2,1-3H3/b21-13+. The van der Waals surface area contributed by atoms with Crippen LogP contribution in [-0.2, 0) is 4.79 Å². The molecule has 3 aliphatic heterocycles. The molecule has 3 atom stereocenters. The Labute approximate surface area is 200 Å². The Kier molecular flexibility index (Phi) is 5.88. The van der Waals surface area contributed by atoms with Crippen molar-refractivity contribution in [3.63, 3.8) is 0 Å². The van der Waals surface area contributed by atoms with Gasteiger partial charge in [-0.3, -0.25) is 9.79 Å². The Morgan fingerprint density at radius 2 is 2.18 bits per heavy atom. The first-order valence-corrected chi connectivity index (χ1v) is 12.0. The van der Waals surface area contributed by atoms with Gasteiger partial charge in [0, 0.05) is 19.5 Å². The topological polar surface area (TPSA) is 57.5 Å². The largest absolute Gasteiger partial charge is 0.495 e. The Balaban J connectivity index is 1.43. The Morgan fingerprint density at radius 1 is 1.32 bits per heavy atom. The van der Waals surface area contributed by atoms with Crippen LogP contribution in [0.15, 0.2) is 57.6 Å². The summed E-state index contributed by atoms with van der Waals surface area (Å²) < 4.78 is 20.0. The Hall–Kier alpha value is -3.22. The molecule has 1 aromatic carbocycles. The summed E-state index contributed by atoms with van der Waals surface area (Å²) in [5, 5.41) is 0. The maximum Gasteiger partial charge on any atom is 0.250 e. The van der Waals surface area contributed by atoms with Crippen molar-refractivity contribution in [2.75, 3.05) is 25.1 Å². The number of fused-ring (bicyclic) bond motifs is 1. The molecule has 6 nitrogen and oxygen atoms in total. The number of allylic oxidation sites excluding steroid dienone is 2. The summed E-state index contributed by atoms with van der Waals surface area (Å²) in [4.78, 5) is 25.8. The molecule has 1 amide bonds. The van der Waals surface area contributed by atoms with Crippen LogP contribution in [0.5, 0.6) is 5.75 Å². The van der Waals surface area contributed by atoms with Crippen molar-refractivity contribution in [3.8, 4) is 5.75 Å². The van der Waals surface area contributed by atoms with Crippen LogP contribution in [0, 0.1) is 0 Å². The molecule has 34 heavy (non-hydrogen) atoms. The molecule has 1 aliphatic carbocycles. The fourth-order valence-corrected chi connectivity index (χ4v) is 5.08. The molecule has 5 rings (SSSR count). The minimum absolute atomic E-state index is 0.0931. The van der Waals surface area contributed by atoms with Gasteiger partial charge in [0.25, 0.3) is 0 Å². The lowest BCUT2D eigenvalue weighted by Gasteiger charge is -2.41. The zero-order chi connectivity index (χ0) is 23.9. The highest BCUT2D eigenvalue weighted by Gasteiger charge is 2.36. The quantitative estimate of drug-likeness (QED) is 0.650. The van der Waals surface area contributed by atoms with Gasteiger partial charge in [-0.05, 0) is 67.7 Å². The van der Waals surface area contributed by atoms with Crippen LogP contribution >= 0.6 is 0 Å². The molecule has 178 valence electrons. The van der Waals surface area contributed by atoms with E-state index in [1.54, 1.807) is 20.1 Å². The minimum atomic E-state index is -1.32. The van der Waals surface area contributed by atoms with Crippen LogP contribution in [0.25, 0.3) is 6.08 Å². The van der Waals surface area contributed by atoms with E-state index in [0.29, 0.717) is 12.8 Å². The van der Waals surface area contributed by atoms with E-state index in [-0.39, 0.29) is 18.0 Å². The molecule has 3 unspecified atom stereocenters. The summed E-state index contributed by atoms with van der Waals surface area (Å²) in [6, 6.07) is 6.32. The molecule has 3 heterocycles. The van der Waals surface area contributed by atoms with Gasteiger partial charge in [-0.1, -0.05) is 18.2 Å². The third kappa shape index (κ3) is 4.43. The predicted octanol–water partition coefficient (Wildman–Crippen LogP) is 4.72. The predicted molar refractivity (Wildman–Crippen MR) is 134 cm³/mol. The highest BCUT2D eigenvalue weighted by molar-refractivity contribution is 6.10. The molecule has 0 radical (unpaired) electrons. The smallest absolute Gasteiger partial charge is 0.250 e. The van der Waals surface area contributed by atoms with E-state index in [9.17, 15) is 9.18 Å². The van der Waals surface area contributed by atoms with E-state index in [0.717, 1.165) is 59.9 Å². The maximum atomic E-state index is 14.3. The number of anilines is 1. The first-order chi connectivity index (χ1) is 16.3. The van der Waals surface area contributed by atoms with Crippen molar-refractivity contribution in [1.29, 1.82) is 0 Å². The average Bonchev–Trinajstić information content (AvgIpc) is 3.25. The number of amides is 1. The number of hydrogen-bond acceptors (Lipinski definition) is 5. The number of carbonyl (C=O) groups is 1. The second kappa shape index (κ2) is 8.85. The number of ether oxygens (including phenoxy) is 1. The van der Waals surface area contributed by atoms with Gasteiger partial charge in [0.1, 0.15) is 17.3 Å². The number of rotatable bonds is 4. The molecule has 4 aliphatic rings. The molecule has 0 N–H and O–H groups in total. The number of alkyl halides is 1. The highest BCUT2D eigenvalue weighted by Crippen LogP contribution is 2.35. The molecule has 1 fully saturated rings. The van der Waals surface area contributed by atoms with Crippen molar-refractivity contribution in [1.82, 2.24) is 4.90 Å². The molecule has 1 aromatic rings. The third-order valence-corrected chi connectivity index (χ3v) is 6.90. The monoisotopic (exact) mass is 462 g/mol. The number of amidine groups is 1. The van der Waals surface area contributed by atoms with E-state index >= 15 is 0 Å². The molecule has 0 spiro atoms. The maximum absolute atomic E-state index is 14.3. The minimum Gasteiger partial charge on any atom is -0.495 e. The summed E-state index contributed by atoms with van der Waals surface area (Å²) in [5.74, 6) is 1.41. The number of nitrogens with zero attached hydrogens (tertiary/aromatic N) is 4. The number of carbonyl (C=O) groups excluding carboxylic acids is 1. The van der Waals surface area contributed by atoms with Crippen molar-refractivity contribution in [2.24, 2.45) is 9.98 Å². The van der Waals surface area contributed by atoms with Crippen LogP contribution < -0.4 is 9.64 Å². The van der Waals surface area contributed by atoms with Crippen molar-refractivity contribution >= 4 is 29.8 Å². The first kappa shape index (κ1) is 22.6. The normalized spacial score (nSPS) is 29.9. The van der Waals surface area contributed by atoms with Crippen LogP contribution in [0.2, 0.25) is 0 Å². The van der Waals surface area contributed by atoms with Gasteiger partial charge in [0.15, 0.2) is 0 Å². The van der Waals surface area contributed by atoms with Gasteiger partial charge in [-0.25, -0.2) is 4.39 Å². The van der Waals surface area contributed by atoms with E-state index in [1.165, 1.54) is 0 Å². The van der Waals surface area contributed by atoms with Gasteiger partial charge in [-0.15, -0.1) is 0 Å². The number of benzene rings is 1. The van der Waals surface area contributed by atoms with Crippen molar-refractivity contribution < 1.29 is 13.9 Å². The molecule has 1 saturated heterocycles. The Morgan fingerprint density at radius 3 is 2.88 bits per heavy atom. The second-order valence-electron chi connectivity index (χ2n) is 9.73. The summed E-state index contributed by atoms with van der Waals surface area (Å²) in [5.41, 5.74) is 2.72. The van der Waals surface area contributed by atoms with Crippen LogP contribution in [0.4, 0.5) is 10.1 Å². The summed E-state index contributed by atoms with van der Waals surface area (Å²) in [6.07, 6.45) is 11.9. The van der Waals surface area contributed by atoms with E-state index in [2.05, 4.69) is 44.9 Å². The van der Waals surface area contributed by atoms with Crippen LogP contribution in [-0.4, -0.2) is 60.9 Å². The third-order valence-electron chi connectivity index (χ3n) is 6.90. The average molecular weight is 463 g/mol. The zero-order valence-electron chi connectivity index (χ0n) is 20.0. The van der Waals surface area contributed by atoms with Crippen molar-refractivity contribution in [3.05, 3.63) is 53.1 Å².